The van der Waals surface area contributed by atoms with Gasteiger partial charge in [-0.15, -0.1) is 0 Å². The van der Waals surface area contributed by atoms with Gasteiger partial charge in [-0.05, 0) is 11.6 Å². The molecule has 0 aromatic heterocycles. The van der Waals surface area contributed by atoms with Crippen LogP contribution in [0, 0.1) is 0 Å². The van der Waals surface area contributed by atoms with Crippen molar-refractivity contribution < 1.29 is 24.2 Å². The SMILES string of the molecule is COC(=O)CC(O)c1ccccc1C(=O)OC. The van der Waals surface area contributed by atoms with Gasteiger partial charge in [0.05, 0.1) is 32.3 Å². The lowest BCUT2D eigenvalue weighted by atomic mass is 10.0. The number of carbonyl (C=O) groups is 2. The maximum absolute atomic E-state index is 11.4. The van der Waals surface area contributed by atoms with Gasteiger partial charge in [-0.25, -0.2) is 4.79 Å². The highest BCUT2D eigenvalue weighted by atomic mass is 16.5. The number of ether oxygens (including phenoxy) is 2. The summed E-state index contributed by atoms with van der Waals surface area (Å²) in [7, 11) is 2.49. The van der Waals surface area contributed by atoms with Gasteiger partial charge in [-0.3, -0.25) is 4.79 Å². The van der Waals surface area contributed by atoms with Crippen LogP contribution in [0.5, 0.6) is 0 Å². The van der Waals surface area contributed by atoms with E-state index < -0.39 is 18.0 Å². The number of hydrogen-bond donors (Lipinski definition) is 1. The molecule has 0 radical (unpaired) electrons. The zero-order valence-electron chi connectivity index (χ0n) is 9.67. The fraction of sp³-hybridized carbons (Fsp3) is 0.333. The summed E-state index contributed by atoms with van der Waals surface area (Å²) < 4.78 is 9.05. The fourth-order valence-electron chi connectivity index (χ4n) is 1.43. The quantitative estimate of drug-likeness (QED) is 0.794. The van der Waals surface area contributed by atoms with Crippen molar-refractivity contribution in [3.63, 3.8) is 0 Å². The molecule has 0 saturated carbocycles. The van der Waals surface area contributed by atoms with E-state index in [2.05, 4.69) is 9.47 Å². The molecule has 0 saturated heterocycles. The Bertz CT molecular complexity index is 413. The van der Waals surface area contributed by atoms with E-state index in [-0.39, 0.29) is 12.0 Å². The Balaban J connectivity index is 2.96. The number of aliphatic hydroxyl groups is 1. The highest BCUT2D eigenvalue weighted by molar-refractivity contribution is 5.91. The maximum atomic E-state index is 11.4. The van der Waals surface area contributed by atoms with Gasteiger partial charge in [-0.1, -0.05) is 18.2 Å². The lowest BCUT2D eigenvalue weighted by molar-refractivity contribution is -0.142. The molecule has 1 N–H and O–H groups in total. The Hall–Kier alpha value is -1.88. The third kappa shape index (κ3) is 3.29. The standard InChI is InChI=1S/C12H14O5/c1-16-11(14)7-10(13)8-5-3-4-6-9(8)12(15)17-2/h3-6,10,13H,7H2,1-2H3. The molecule has 1 atom stereocenters. The number of methoxy groups -OCH3 is 2. The first-order valence-corrected chi connectivity index (χ1v) is 5.02. The van der Waals surface area contributed by atoms with Crippen LogP contribution in [-0.2, 0) is 14.3 Å². The molecule has 0 amide bonds. The molecule has 17 heavy (non-hydrogen) atoms. The third-order valence-corrected chi connectivity index (χ3v) is 2.31. The molecule has 0 heterocycles. The highest BCUT2D eigenvalue weighted by Gasteiger charge is 2.20. The van der Waals surface area contributed by atoms with Crippen LogP contribution in [0.4, 0.5) is 0 Å². The van der Waals surface area contributed by atoms with E-state index in [9.17, 15) is 14.7 Å². The summed E-state index contributed by atoms with van der Waals surface area (Å²) in [4.78, 5) is 22.5. The van der Waals surface area contributed by atoms with Crippen molar-refractivity contribution in [1.29, 1.82) is 0 Å². The Labute approximate surface area is 99.0 Å². The number of carbonyl (C=O) groups excluding carboxylic acids is 2. The number of aliphatic hydroxyl groups excluding tert-OH is 1. The van der Waals surface area contributed by atoms with E-state index >= 15 is 0 Å². The lowest BCUT2D eigenvalue weighted by Gasteiger charge is -2.13. The molecule has 1 unspecified atom stereocenters. The van der Waals surface area contributed by atoms with Crippen molar-refractivity contribution in [3.8, 4) is 0 Å². The van der Waals surface area contributed by atoms with Crippen LogP contribution in [0.1, 0.15) is 28.4 Å². The molecule has 0 bridgehead atoms. The van der Waals surface area contributed by atoms with Crippen LogP contribution >= 0.6 is 0 Å². The number of esters is 2. The molecule has 0 aliphatic heterocycles. The number of hydrogen-bond acceptors (Lipinski definition) is 5. The summed E-state index contributed by atoms with van der Waals surface area (Å²) in [5.74, 6) is -1.10. The average molecular weight is 238 g/mol. The first-order valence-electron chi connectivity index (χ1n) is 5.02. The summed E-state index contributed by atoms with van der Waals surface area (Å²) in [6.07, 6.45) is -1.29. The summed E-state index contributed by atoms with van der Waals surface area (Å²) in [5, 5.41) is 9.84. The van der Waals surface area contributed by atoms with E-state index in [1.54, 1.807) is 18.2 Å². The van der Waals surface area contributed by atoms with Crippen LogP contribution in [0.2, 0.25) is 0 Å². The van der Waals surface area contributed by atoms with Crippen molar-refractivity contribution in [2.45, 2.75) is 12.5 Å². The van der Waals surface area contributed by atoms with Crippen LogP contribution < -0.4 is 0 Å². The van der Waals surface area contributed by atoms with Crippen LogP contribution in [-0.4, -0.2) is 31.3 Å². The first kappa shape index (κ1) is 13.2. The van der Waals surface area contributed by atoms with E-state index in [0.29, 0.717) is 5.56 Å². The Morgan fingerprint density at radius 1 is 1.24 bits per heavy atom. The zero-order valence-corrected chi connectivity index (χ0v) is 9.67. The summed E-state index contributed by atoms with van der Waals surface area (Å²) in [5.41, 5.74) is 0.594. The van der Waals surface area contributed by atoms with Gasteiger partial charge in [0, 0.05) is 0 Å². The van der Waals surface area contributed by atoms with Crippen LogP contribution in [0.15, 0.2) is 24.3 Å². The van der Waals surface area contributed by atoms with Crippen molar-refractivity contribution in [2.75, 3.05) is 14.2 Å². The summed E-state index contributed by atoms with van der Waals surface area (Å²) in [6.45, 7) is 0. The van der Waals surface area contributed by atoms with Gasteiger partial charge >= 0.3 is 11.9 Å². The minimum atomic E-state index is -1.09. The molecule has 5 nitrogen and oxygen atoms in total. The predicted octanol–water partition coefficient (Wildman–Crippen LogP) is 1.07. The van der Waals surface area contributed by atoms with Gasteiger partial charge in [0.2, 0.25) is 0 Å². The minimum Gasteiger partial charge on any atom is -0.469 e. The zero-order chi connectivity index (χ0) is 12.8. The molecule has 5 heteroatoms. The van der Waals surface area contributed by atoms with E-state index in [4.69, 9.17) is 0 Å². The van der Waals surface area contributed by atoms with Crippen molar-refractivity contribution in [2.24, 2.45) is 0 Å². The van der Waals surface area contributed by atoms with Crippen molar-refractivity contribution in [3.05, 3.63) is 35.4 Å². The molecule has 0 aliphatic carbocycles. The topological polar surface area (TPSA) is 72.8 Å². The Kier molecular flexibility index (Phi) is 4.66. The highest BCUT2D eigenvalue weighted by Crippen LogP contribution is 2.21. The maximum Gasteiger partial charge on any atom is 0.338 e. The molecule has 1 aromatic rings. The first-order chi connectivity index (χ1) is 8.10. The van der Waals surface area contributed by atoms with Crippen LogP contribution in [0.3, 0.4) is 0 Å². The van der Waals surface area contributed by atoms with E-state index in [1.165, 1.54) is 20.3 Å². The number of rotatable bonds is 4. The second kappa shape index (κ2) is 6.00. The normalized spacial score (nSPS) is 11.7. The van der Waals surface area contributed by atoms with Crippen molar-refractivity contribution >= 4 is 11.9 Å². The van der Waals surface area contributed by atoms with Gasteiger partial charge in [0.1, 0.15) is 0 Å². The fourth-order valence-corrected chi connectivity index (χ4v) is 1.43. The van der Waals surface area contributed by atoms with Crippen molar-refractivity contribution in [1.82, 2.24) is 0 Å². The second-order valence-electron chi connectivity index (χ2n) is 3.37. The molecular weight excluding hydrogens is 224 g/mol. The van der Waals surface area contributed by atoms with Gasteiger partial charge < -0.3 is 14.6 Å². The van der Waals surface area contributed by atoms with Crippen LogP contribution in [0.25, 0.3) is 0 Å². The second-order valence-corrected chi connectivity index (χ2v) is 3.37. The predicted molar refractivity (Wildman–Crippen MR) is 59.4 cm³/mol. The largest absolute Gasteiger partial charge is 0.469 e. The monoisotopic (exact) mass is 238 g/mol. The Morgan fingerprint density at radius 3 is 2.47 bits per heavy atom. The molecule has 0 aliphatic rings. The molecule has 1 aromatic carbocycles. The van der Waals surface area contributed by atoms with E-state index in [0.717, 1.165) is 0 Å². The summed E-state index contributed by atoms with van der Waals surface area (Å²) >= 11 is 0. The molecular formula is C12H14O5. The Morgan fingerprint density at radius 2 is 1.88 bits per heavy atom. The third-order valence-electron chi connectivity index (χ3n) is 2.31. The van der Waals surface area contributed by atoms with Gasteiger partial charge in [0.25, 0.3) is 0 Å². The van der Waals surface area contributed by atoms with Gasteiger partial charge in [0.15, 0.2) is 0 Å². The smallest absolute Gasteiger partial charge is 0.338 e. The lowest BCUT2D eigenvalue weighted by Crippen LogP contribution is -2.13. The minimum absolute atomic E-state index is 0.204. The number of benzene rings is 1. The molecule has 0 fully saturated rings. The van der Waals surface area contributed by atoms with E-state index in [1.807, 2.05) is 0 Å². The summed E-state index contributed by atoms with van der Waals surface area (Å²) in [6, 6.07) is 6.42. The average Bonchev–Trinajstić information content (AvgIpc) is 2.37. The molecule has 92 valence electrons. The molecule has 0 spiro atoms. The molecule has 1 rings (SSSR count). The van der Waals surface area contributed by atoms with Gasteiger partial charge in [-0.2, -0.15) is 0 Å².